The Kier molecular flexibility index (Phi) is 5.69. The van der Waals surface area contributed by atoms with E-state index in [1.54, 1.807) is 42.2 Å². The van der Waals surface area contributed by atoms with Gasteiger partial charge < -0.3 is 9.64 Å². The minimum atomic E-state index is -3.81. The van der Waals surface area contributed by atoms with Crippen LogP contribution in [-0.2, 0) is 16.4 Å². The SMILES string of the molecule is COc1ccc(S(=O)(=O)Nc2cc(C(=O)N3CCCc4ccccc43)ccc2C)cc1. The molecular weight excluding hydrogens is 412 g/mol. The predicted molar refractivity (Wildman–Crippen MR) is 121 cm³/mol. The first kappa shape index (κ1) is 20.9. The number of carbonyl (C=O) groups is 1. The van der Waals surface area contributed by atoms with Crippen molar-refractivity contribution in [1.29, 1.82) is 0 Å². The van der Waals surface area contributed by atoms with E-state index < -0.39 is 10.0 Å². The van der Waals surface area contributed by atoms with Crippen molar-refractivity contribution >= 4 is 27.3 Å². The zero-order chi connectivity index (χ0) is 22.0. The molecule has 1 amide bonds. The standard InChI is InChI=1S/C24H24N2O4S/c1-17-9-10-19(24(27)26-15-5-7-18-6-3-4-8-23(18)26)16-22(17)25-31(28,29)21-13-11-20(30-2)12-14-21/h3-4,6,8-14,16,25H,5,7,15H2,1-2H3. The van der Waals surface area contributed by atoms with Gasteiger partial charge in [-0.15, -0.1) is 0 Å². The average Bonchev–Trinajstić information content (AvgIpc) is 2.79. The fraction of sp³-hybridized carbons (Fsp3) is 0.208. The van der Waals surface area contributed by atoms with E-state index in [0.29, 0.717) is 23.5 Å². The van der Waals surface area contributed by atoms with E-state index >= 15 is 0 Å². The highest BCUT2D eigenvalue weighted by atomic mass is 32.2. The van der Waals surface area contributed by atoms with Crippen molar-refractivity contribution < 1.29 is 17.9 Å². The Bertz CT molecular complexity index is 1220. The zero-order valence-electron chi connectivity index (χ0n) is 17.5. The van der Waals surface area contributed by atoms with Gasteiger partial charge in [0, 0.05) is 17.8 Å². The number of rotatable bonds is 5. The highest BCUT2D eigenvalue weighted by Gasteiger charge is 2.24. The molecule has 0 saturated heterocycles. The summed E-state index contributed by atoms with van der Waals surface area (Å²) in [6, 6.07) is 19.1. The van der Waals surface area contributed by atoms with E-state index in [-0.39, 0.29) is 10.8 Å². The number of anilines is 2. The minimum Gasteiger partial charge on any atom is -0.497 e. The molecule has 1 N–H and O–H groups in total. The molecule has 0 aromatic heterocycles. The number of aryl methyl sites for hydroxylation is 2. The lowest BCUT2D eigenvalue weighted by molar-refractivity contribution is 0.0985. The van der Waals surface area contributed by atoms with Crippen LogP contribution in [0.2, 0.25) is 0 Å². The maximum absolute atomic E-state index is 13.3. The molecule has 3 aromatic carbocycles. The number of benzene rings is 3. The van der Waals surface area contributed by atoms with Gasteiger partial charge in [0.1, 0.15) is 5.75 Å². The minimum absolute atomic E-state index is 0.120. The van der Waals surface area contributed by atoms with E-state index in [0.717, 1.165) is 29.7 Å². The summed E-state index contributed by atoms with van der Waals surface area (Å²) in [5, 5.41) is 0. The van der Waals surface area contributed by atoms with Gasteiger partial charge >= 0.3 is 0 Å². The number of nitrogens with zero attached hydrogens (tertiary/aromatic N) is 1. The van der Waals surface area contributed by atoms with Gasteiger partial charge in [-0.3, -0.25) is 9.52 Å². The molecule has 1 heterocycles. The summed E-state index contributed by atoms with van der Waals surface area (Å²) in [6.45, 7) is 2.44. The Labute approximate surface area is 182 Å². The summed E-state index contributed by atoms with van der Waals surface area (Å²) in [7, 11) is -2.29. The zero-order valence-corrected chi connectivity index (χ0v) is 18.3. The number of hydrogen-bond donors (Lipinski definition) is 1. The Morgan fingerprint density at radius 1 is 1.03 bits per heavy atom. The number of amides is 1. The predicted octanol–water partition coefficient (Wildman–Crippen LogP) is 4.40. The van der Waals surface area contributed by atoms with Crippen LogP contribution in [0.3, 0.4) is 0 Å². The van der Waals surface area contributed by atoms with Crippen LogP contribution < -0.4 is 14.4 Å². The van der Waals surface area contributed by atoms with Crippen molar-refractivity contribution in [1.82, 2.24) is 0 Å². The third kappa shape index (κ3) is 4.27. The molecule has 0 fully saturated rings. The molecule has 0 spiro atoms. The number of hydrogen-bond acceptors (Lipinski definition) is 4. The fourth-order valence-electron chi connectivity index (χ4n) is 3.72. The quantitative estimate of drug-likeness (QED) is 0.643. The van der Waals surface area contributed by atoms with E-state index in [1.807, 2.05) is 24.3 Å². The molecule has 3 aromatic rings. The largest absolute Gasteiger partial charge is 0.497 e. The number of ether oxygens (including phenoxy) is 1. The third-order valence-corrected chi connectivity index (χ3v) is 6.84. The average molecular weight is 437 g/mol. The lowest BCUT2D eigenvalue weighted by Gasteiger charge is -2.29. The number of methoxy groups -OCH3 is 1. The van der Waals surface area contributed by atoms with E-state index in [1.165, 1.54) is 19.2 Å². The fourth-order valence-corrected chi connectivity index (χ4v) is 4.85. The van der Waals surface area contributed by atoms with Gasteiger partial charge in [-0.05, 0) is 73.4 Å². The van der Waals surface area contributed by atoms with Crippen LogP contribution >= 0.6 is 0 Å². The number of sulfonamides is 1. The maximum atomic E-state index is 13.3. The molecule has 31 heavy (non-hydrogen) atoms. The normalized spacial score (nSPS) is 13.4. The number of fused-ring (bicyclic) bond motifs is 1. The number of nitrogens with one attached hydrogen (secondary N) is 1. The van der Waals surface area contributed by atoms with E-state index in [2.05, 4.69) is 4.72 Å². The van der Waals surface area contributed by atoms with Gasteiger partial charge in [-0.2, -0.15) is 0 Å². The molecule has 7 heteroatoms. The Hall–Kier alpha value is -3.32. The molecule has 0 radical (unpaired) electrons. The lowest BCUT2D eigenvalue weighted by atomic mass is 10.0. The topological polar surface area (TPSA) is 75.7 Å². The summed E-state index contributed by atoms with van der Waals surface area (Å²) in [5.41, 5.74) is 3.61. The lowest BCUT2D eigenvalue weighted by Crippen LogP contribution is -2.35. The summed E-state index contributed by atoms with van der Waals surface area (Å²) >= 11 is 0. The van der Waals surface area contributed by atoms with Gasteiger partial charge in [-0.25, -0.2) is 8.42 Å². The molecule has 0 unspecified atom stereocenters. The Morgan fingerprint density at radius 3 is 2.52 bits per heavy atom. The number of para-hydroxylation sites is 1. The van der Waals surface area contributed by atoms with Crippen molar-refractivity contribution in [3.63, 3.8) is 0 Å². The van der Waals surface area contributed by atoms with Crippen LogP contribution in [0.4, 0.5) is 11.4 Å². The second kappa shape index (κ2) is 8.43. The van der Waals surface area contributed by atoms with Gasteiger partial charge in [0.05, 0.1) is 17.7 Å². The van der Waals surface area contributed by atoms with Crippen molar-refractivity contribution in [2.24, 2.45) is 0 Å². The molecule has 0 aliphatic carbocycles. The monoisotopic (exact) mass is 436 g/mol. The molecule has 160 valence electrons. The van der Waals surface area contributed by atoms with Gasteiger partial charge in [0.2, 0.25) is 0 Å². The molecule has 1 aliphatic heterocycles. The Morgan fingerprint density at radius 2 is 1.77 bits per heavy atom. The van der Waals surface area contributed by atoms with Gasteiger partial charge in [0.15, 0.2) is 0 Å². The first-order valence-electron chi connectivity index (χ1n) is 10.1. The van der Waals surface area contributed by atoms with Gasteiger partial charge in [0.25, 0.3) is 15.9 Å². The van der Waals surface area contributed by atoms with Crippen molar-refractivity contribution in [3.8, 4) is 5.75 Å². The highest BCUT2D eigenvalue weighted by Crippen LogP contribution is 2.29. The molecule has 6 nitrogen and oxygen atoms in total. The number of carbonyl (C=O) groups excluding carboxylic acids is 1. The van der Waals surface area contributed by atoms with Crippen LogP contribution in [0.1, 0.15) is 27.9 Å². The Balaban J connectivity index is 1.62. The highest BCUT2D eigenvalue weighted by molar-refractivity contribution is 7.92. The van der Waals surface area contributed by atoms with Crippen molar-refractivity contribution in [3.05, 3.63) is 83.4 Å². The van der Waals surface area contributed by atoms with Crippen molar-refractivity contribution in [2.75, 3.05) is 23.3 Å². The van der Waals surface area contributed by atoms with Crippen LogP contribution in [0.15, 0.2) is 71.6 Å². The van der Waals surface area contributed by atoms with Crippen LogP contribution in [0, 0.1) is 6.92 Å². The van der Waals surface area contributed by atoms with Crippen LogP contribution in [-0.4, -0.2) is 28.0 Å². The van der Waals surface area contributed by atoms with Gasteiger partial charge in [-0.1, -0.05) is 24.3 Å². The molecule has 0 bridgehead atoms. The van der Waals surface area contributed by atoms with Crippen molar-refractivity contribution in [2.45, 2.75) is 24.7 Å². The third-order valence-electron chi connectivity index (χ3n) is 5.45. The summed E-state index contributed by atoms with van der Waals surface area (Å²) in [4.78, 5) is 15.2. The second-order valence-electron chi connectivity index (χ2n) is 7.50. The maximum Gasteiger partial charge on any atom is 0.261 e. The smallest absolute Gasteiger partial charge is 0.261 e. The molecule has 0 saturated carbocycles. The van der Waals surface area contributed by atoms with E-state index in [4.69, 9.17) is 4.74 Å². The second-order valence-corrected chi connectivity index (χ2v) is 9.18. The molecule has 4 rings (SSSR count). The molecule has 0 atom stereocenters. The van der Waals surface area contributed by atoms with Crippen LogP contribution in [0.25, 0.3) is 0 Å². The molecular formula is C24H24N2O4S. The summed E-state index contributed by atoms with van der Waals surface area (Å²) in [5.74, 6) is 0.432. The first-order chi connectivity index (χ1) is 14.9. The van der Waals surface area contributed by atoms with Crippen LogP contribution in [0.5, 0.6) is 5.75 Å². The summed E-state index contributed by atoms with van der Waals surface area (Å²) in [6.07, 6.45) is 1.84. The molecule has 1 aliphatic rings. The van der Waals surface area contributed by atoms with E-state index in [9.17, 15) is 13.2 Å². The summed E-state index contributed by atoms with van der Waals surface area (Å²) < 4.78 is 33.4. The first-order valence-corrected chi connectivity index (χ1v) is 11.5.